The van der Waals surface area contributed by atoms with Gasteiger partial charge in [-0.3, -0.25) is 0 Å². The molecule has 5 heteroatoms. The average molecular weight is 204 g/mol. The lowest BCUT2D eigenvalue weighted by molar-refractivity contribution is 0.0141. The van der Waals surface area contributed by atoms with Crippen LogP contribution in [0, 0.1) is 0 Å². The molecular weight excluding hydrogens is 184 g/mol. The van der Waals surface area contributed by atoms with E-state index in [0.29, 0.717) is 26.4 Å². The van der Waals surface area contributed by atoms with E-state index in [4.69, 9.17) is 14.2 Å². The molecule has 0 aliphatic carbocycles. The van der Waals surface area contributed by atoms with Crippen molar-refractivity contribution < 1.29 is 14.2 Å². The quantitative estimate of drug-likeness (QED) is 0.540. The van der Waals surface area contributed by atoms with Gasteiger partial charge in [0.2, 0.25) is 0 Å². The Hall–Kier alpha value is -0.200. The lowest BCUT2D eigenvalue weighted by atomic mass is 10.6. The van der Waals surface area contributed by atoms with Crippen LogP contribution in [0.2, 0.25) is 0 Å². The topological polar surface area (TPSA) is 51.8 Å². The normalized spacial score (nSPS) is 24.0. The highest BCUT2D eigenvalue weighted by Crippen LogP contribution is 1.81. The summed E-state index contributed by atoms with van der Waals surface area (Å²) in [6.07, 6.45) is 0. The van der Waals surface area contributed by atoms with Crippen LogP contribution in [0.15, 0.2) is 0 Å². The van der Waals surface area contributed by atoms with Crippen molar-refractivity contribution in [3.63, 3.8) is 0 Å². The molecule has 1 aliphatic heterocycles. The van der Waals surface area contributed by atoms with Gasteiger partial charge in [0.1, 0.15) is 0 Å². The molecule has 2 N–H and O–H groups in total. The molecule has 1 aliphatic rings. The molecule has 0 atom stereocenters. The van der Waals surface area contributed by atoms with Gasteiger partial charge < -0.3 is 24.8 Å². The van der Waals surface area contributed by atoms with Gasteiger partial charge >= 0.3 is 0 Å². The van der Waals surface area contributed by atoms with E-state index in [1.807, 2.05) is 0 Å². The van der Waals surface area contributed by atoms with Crippen LogP contribution < -0.4 is 10.6 Å². The molecule has 0 spiro atoms. The smallest absolute Gasteiger partial charge is 0.0701 e. The zero-order valence-corrected chi connectivity index (χ0v) is 8.59. The molecule has 1 heterocycles. The van der Waals surface area contributed by atoms with Gasteiger partial charge in [0.05, 0.1) is 39.6 Å². The third-order valence-electron chi connectivity index (χ3n) is 1.84. The van der Waals surface area contributed by atoms with Crippen LogP contribution in [0.1, 0.15) is 0 Å². The summed E-state index contributed by atoms with van der Waals surface area (Å²) in [6, 6.07) is 0. The first-order valence-electron chi connectivity index (χ1n) is 5.15. The number of ether oxygens (including phenoxy) is 3. The standard InChI is InChI=1S/C9H20N2O3/c1-3-12-5-7-14-8-6-13-4-2-11-9-10-1/h10-11H,1-9H2. The van der Waals surface area contributed by atoms with Gasteiger partial charge in [-0.1, -0.05) is 0 Å². The maximum absolute atomic E-state index is 5.32. The fraction of sp³-hybridized carbons (Fsp3) is 1.00. The van der Waals surface area contributed by atoms with Gasteiger partial charge in [-0.15, -0.1) is 0 Å². The van der Waals surface area contributed by atoms with Crippen LogP contribution in [-0.4, -0.2) is 59.4 Å². The van der Waals surface area contributed by atoms with Crippen molar-refractivity contribution in [2.75, 3.05) is 59.4 Å². The van der Waals surface area contributed by atoms with Crippen LogP contribution in [0.3, 0.4) is 0 Å². The monoisotopic (exact) mass is 204 g/mol. The number of rotatable bonds is 0. The van der Waals surface area contributed by atoms with Crippen molar-refractivity contribution in [2.45, 2.75) is 0 Å². The van der Waals surface area contributed by atoms with E-state index >= 15 is 0 Å². The van der Waals surface area contributed by atoms with Crippen molar-refractivity contribution in [1.82, 2.24) is 10.6 Å². The van der Waals surface area contributed by atoms with Crippen molar-refractivity contribution in [3.05, 3.63) is 0 Å². The first kappa shape index (κ1) is 11.9. The fourth-order valence-electron chi connectivity index (χ4n) is 1.10. The molecule has 84 valence electrons. The van der Waals surface area contributed by atoms with E-state index in [-0.39, 0.29) is 0 Å². The predicted molar refractivity (Wildman–Crippen MR) is 53.3 cm³/mol. The Labute approximate surface area is 85.1 Å². The maximum atomic E-state index is 5.32. The molecule has 14 heavy (non-hydrogen) atoms. The maximum Gasteiger partial charge on any atom is 0.0701 e. The summed E-state index contributed by atoms with van der Waals surface area (Å²) in [5.41, 5.74) is 0. The van der Waals surface area contributed by atoms with Gasteiger partial charge in [0.25, 0.3) is 0 Å². The highest BCUT2D eigenvalue weighted by atomic mass is 16.5. The van der Waals surface area contributed by atoms with Gasteiger partial charge in [-0.25, -0.2) is 0 Å². The van der Waals surface area contributed by atoms with Crippen molar-refractivity contribution in [2.24, 2.45) is 0 Å². The van der Waals surface area contributed by atoms with E-state index in [2.05, 4.69) is 10.6 Å². The Bertz CT molecular complexity index is 71.3. The van der Waals surface area contributed by atoms with Gasteiger partial charge in [0.15, 0.2) is 0 Å². The lowest BCUT2D eigenvalue weighted by Crippen LogP contribution is -2.33. The first-order chi connectivity index (χ1) is 7.00. The predicted octanol–water partition coefficient (Wildman–Crippen LogP) is -0.813. The second-order valence-corrected chi connectivity index (χ2v) is 3.01. The zero-order valence-electron chi connectivity index (χ0n) is 8.59. The molecule has 1 fully saturated rings. The molecule has 0 unspecified atom stereocenters. The van der Waals surface area contributed by atoms with Crippen LogP contribution in [0.5, 0.6) is 0 Å². The van der Waals surface area contributed by atoms with Crippen LogP contribution in [-0.2, 0) is 14.2 Å². The molecule has 0 amide bonds. The first-order valence-corrected chi connectivity index (χ1v) is 5.15. The van der Waals surface area contributed by atoms with E-state index in [1.165, 1.54) is 0 Å². The van der Waals surface area contributed by atoms with Crippen molar-refractivity contribution in [3.8, 4) is 0 Å². The van der Waals surface area contributed by atoms with E-state index in [1.54, 1.807) is 0 Å². The van der Waals surface area contributed by atoms with Crippen LogP contribution in [0.4, 0.5) is 0 Å². The Morgan fingerprint density at radius 3 is 1.50 bits per heavy atom. The molecule has 0 radical (unpaired) electrons. The molecule has 1 rings (SSSR count). The molecule has 5 nitrogen and oxygen atoms in total. The third kappa shape index (κ3) is 7.23. The molecule has 0 aromatic rings. The summed E-state index contributed by atoms with van der Waals surface area (Å²) in [6.45, 7) is 6.65. The molecule has 0 bridgehead atoms. The molecule has 0 aromatic heterocycles. The Balaban J connectivity index is 2.00. The summed E-state index contributed by atoms with van der Waals surface area (Å²) >= 11 is 0. The minimum absolute atomic E-state index is 0.654. The zero-order chi connectivity index (χ0) is 9.90. The molecular formula is C9H20N2O3. The minimum Gasteiger partial charge on any atom is -0.378 e. The Kier molecular flexibility index (Phi) is 7.94. The summed E-state index contributed by atoms with van der Waals surface area (Å²) in [5, 5.41) is 6.41. The SMILES string of the molecule is C1COCCOCCOCCNCN1. The second kappa shape index (κ2) is 9.36. The van der Waals surface area contributed by atoms with Gasteiger partial charge in [-0.05, 0) is 0 Å². The molecule has 0 aromatic carbocycles. The summed E-state index contributed by atoms with van der Waals surface area (Å²) in [7, 11) is 0. The molecule has 1 saturated heterocycles. The minimum atomic E-state index is 0.654. The number of hydrogen-bond acceptors (Lipinski definition) is 5. The number of hydrogen-bond donors (Lipinski definition) is 2. The van der Waals surface area contributed by atoms with Crippen molar-refractivity contribution in [1.29, 1.82) is 0 Å². The Morgan fingerprint density at radius 1 is 0.571 bits per heavy atom. The lowest BCUT2D eigenvalue weighted by Gasteiger charge is -2.10. The average Bonchev–Trinajstić information content (AvgIpc) is 2.22. The highest BCUT2D eigenvalue weighted by Gasteiger charge is 1.93. The summed E-state index contributed by atoms with van der Waals surface area (Å²) in [5.74, 6) is 0. The summed E-state index contributed by atoms with van der Waals surface area (Å²) < 4.78 is 15.9. The van der Waals surface area contributed by atoms with Crippen molar-refractivity contribution >= 4 is 0 Å². The van der Waals surface area contributed by atoms with Gasteiger partial charge in [0, 0.05) is 19.8 Å². The van der Waals surface area contributed by atoms with E-state index in [0.717, 1.165) is 33.0 Å². The summed E-state index contributed by atoms with van der Waals surface area (Å²) in [4.78, 5) is 0. The Morgan fingerprint density at radius 2 is 1.00 bits per heavy atom. The van der Waals surface area contributed by atoms with Gasteiger partial charge in [-0.2, -0.15) is 0 Å². The number of nitrogens with one attached hydrogen (secondary N) is 2. The van der Waals surface area contributed by atoms with E-state index < -0.39 is 0 Å². The van der Waals surface area contributed by atoms with Crippen LogP contribution >= 0.6 is 0 Å². The highest BCUT2D eigenvalue weighted by molar-refractivity contribution is 4.47. The third-order valence-corrected chi connectivity index (χ3v) is 1.84. The molecule has 0 saturated carbocycles. The van der Waals surface area contributed by atoms with Crippen LogP contribution in [0.25, 0.3) is 0 Å². The fourth-order valence-corrected chi connectivity index (χ4v) is 1.10. The van der Waals surface area contributed by atoms with E-state index in [9.17, 15) is 0 Å². The second-order valence-electron chi connectivity index (χ2n) is 3.01. The largest absolute Gasteiger partial charge is 0.378 e.